The minimum Gasteiger partial charge on any atom is -0.394 e. The molecule has 1 unspecified atom stereocenters. The Morgan fingerprint density at radius 1 is 1.14 bits per heavy atom. The van der Waals surface area contributed by atoms with Gasteiger partial charge in [-0.05, 0) is 0 Å². The van der Waals surface area contributed by atoms with Crippen molar-refractivity contribution in [3.8, 4) is 0 Å². The fourth-order valence-electron chi connectivity index (χ4n) is 1.15. The number of hydrogen-bond donors (Lipinski definition) is 6. The van der Waals surface area contributed by atoms with Gasteiger partial charge in [0, 0.05) is 0 Å². The number of aliphatic hydroxyl groups excluding tert-OH is 3. The molecule has 1 aromatic rings. The van der Waals surface area contributed by atoms with E-state index < -0.39 is 42.4 Å². The predicted molar refractivity (Wildman–Crippen MR) is 69.9 cm³/mol. The molecule has 1 saturated heterocycles. The van der Waals surface area contributed by atoms with Gasteiger partial charge in [-0.25, -0.2) is 19.0 Å². The predicted octanol–water partition coefficient (Wildman–Crippen LogP) is -4.72. The topological polar surface area (TPSA) is 187 Å². The van der Waals surface area contributed by atoms with Crippen molar-refractivity contribution in [3.05, 3.63) is 31.5 Å². The number of epoxide rings is 1. The van der Waals surface area contributed by atoms with Crippen LogP contribution in [0.15, 0.2) is 14.4 Å². The minimum absolute atomic E-state index is 0.0790. The van der Waals surface area contributed by atoms with Gasteiger partial charge in [0.1, 0.15) is 0 Å². The Bertz CT molecular complexity index is 568. The lowest BCUT2D eigenvalue weighted by atomic mass is 10.1. The lowest BCUT2D eigenvalue weighted by Crippen LogP contribution is -2.50. The van der Waals surface area contributed by atoms with Crippen LogP contribution in [0.5, 0.6) is 0 Å². The largest absolute Gasteiger partial charge is 0.394 e. The molecule has 1 atom stereocenters. The molecule has 0 bridgehead atoms. The van der Waals surface area contributed by atoms with E-state index in [-0.39, 0.29) is 12.6 Å². The van der Waals surface area contributed by atoms with Gasteiger partial charge >= 0.3 is 17.1 Å². The van der Waals surface area contributed by atoms with Crippen LogP contribution < -0.4 is 22.8 Å². The van der Waals surface area contributed by atoms with Crippen LogP contribution in [-0.2, 0) is 11.3 Å². The highest BCUT2D eigenvalue weighted by Crippen LogP contribution is 2.08. The van der Waals surface area contributed by atoms with Crippen LogP contribution in [0.25, 0.3) is 0 Å². The van der Waals surface area contributed by atoms with Gasteiger partial charge in [0.15, 0.2) is 0 Å². The number of ether oxygens (including phenoxy) is 1. The van der Waals surface area contributed by atoms with Crippen LogP contribution in [0.4, 0.5) is 0 Å². The van der Waals surface area contributed by atoms with Crippen LogP contribution in [-0.4, -0.2) is 67.9 Å². The summed E-state index contributed by atoms with van der Waals surface area (Å²) in [4.78, 5) is 36.6. The van der Waals surface area contributed by atoms with Gasteiger partial charge in [-0.15, -0.1) is 0 Å². The molecule has 0 amide bonds. The van der Waals surface area contributed by atoms with Crippen molar-refractivity contribution in [2.24, 2.45) is 5.73 Å². The molecule has 2 heterocycles. The molecule has 0 radical (unpaired) electrons. The summed E-state index contributed by atoms with van der Waals surface area (Å²) in [6.45, 7) is -0.476. The molecule has 0 saturated carbocycles. The van der Waals surface area contributed by atoms with E-state index in [2.05, 4.69) is 0 Å². The molecule has 11 heteroatoms. The van der Waals surface area contributed by atoms with Crippen LogP contribution in [0.1, 0.15) is 0 Å². The van der Waals surface area contributed by atoms with Gasteiger partial charge in [-0.2, -0.15) is 0 Å². The zero-order chi connectivity index (χ0) is 16.0. The fourth-order valence-corrected chi connectivity index (χ4v) is 1.15. The number of aromatic amines is 2. The second-order valence-corrected chi connectivity index (χ2v) is 4.59. The molecule has 0 aliphatic carbocycles. The molecule has 0 spiro atoms. The van der Waals surface area contributed by atoms with Gasteiger partial charge in [0.25, 0.3) is 0 Å². The third kappa shape index (κ3) is 5.24. The maximum absolute atomic E-state index is 11.1. The molecule has 21 heavy (non-hydrogen) atoms. The number of nitrogens with two attached hydrogens (primary N) is 1. The summed E-state index contributed by atoms with van der Waals surface area (Å²) < 4.78 is 5.75. The Labute approximate surface area is 117 Å². The first-order valence-electron chi connectivity index (χ1n) is 6.01. The molecular formula is C10H18N4O7. The average Bonchev–Trinajstić information content (AvgIpc) is 3.27. The SMILES string of the molecule is NC(CO)(CO)CO.O=c1[nH]c(=O)n(CC2CO2)c(=O)[nH]1. The number of nitrogens with zero attached hydrogens (tertiary/aromatic N) is 1. The van der Waals surface area contributed by atoms with E-state index in [1.165, 1.54) is 0 Å². The Balaban J connectivity index is 0.000000240. The summed E-state index contributed by atoms with van der Waals surface area (Å²) in [5.41, 5.74) is 1.74. The van der Waals surface area contributed by atoms with Gasteiger partial charge < -0.3 is 25.8 Å². The molecule has 1 aliphatic rings. The maximum Gasteiger partial charge on any atom is 0.333 e. The second-order valence-electron chi connectivity index (χ2n) is 4.59. The summed E-state index contributed by atoms with van der Waals surface area (Å²) in [6, 6.07) is 0. The van der Waals surface area contributed by atoms with Crippen molar-refractivity contribution in [2.45, 2.75) is 18.2 Å². The zero-order valence-corrected chi connectivity index (χ0v) is 11.1. The van der Waals surface area contributed by atoms with E-state index in [1.807, 2.05) is 9.97 Å². The fraction of sp³-hybridized carbons (Fsp3) is 0.700. The number of nitrogens with one attached hydrogen (secondary N) is 2. The summed E-state index contributed by atoms with van der Waals surface area (Å²) in [5, 5.41) is 25.0. The Morgan fingerprint density at radius 2 is 1.57 bits per heavy atom. The summed E-state index contributed by atoms with van der Waals surface area (Å²) in [5.74, 6) is 0. The van der Waals surface area contributed by atoms with Crippen molar-refractivity contribution < 1.29 is 20.1 Å². The first-order valence-corrected chi connectivity index (χ1v) is 6.01. The van der Waals surface area contributed by atoms with Crippen LogP contribution >= 0.6 is 0 Å². The maximum atomic E-state index is 11.1. The lowest BCUT2D eigenvalue weighted by Gasteiger charge is -2.20. The smallest absolute Gasteiger partial charge is 0.333 e. The van der Waals surface area contributed by atoms with E-state index in [1.54, 1.807) is 0 Å². The minimum atomic E-state index is -1.21. The van der Waals surface area contributed by atoms with Crippen molar-refractivity contribution >= 4 is 0 Å². The molecule has 1 aromatic heterocycles. The Kier molecular flexibility index (Phi) is 5.99. The van der Waals surface area contributed by atoms with Gasteiger partial charge in [-0.1, -0.05) is 0 Å². The molecule has 11 nitrogen and oxygen atoms in total. The molecule has 2 rings (SSSR count). The first kappa shape index (κ1) is 17.3. The third-order valence-corrected chi connectivity index (χ3v) is 2.66. The summed E-state index contributed by atoms with van der Waals surface area (Å²) in [7, 11) is 0. The Hall–Kier alpha value is -1.79. The van der Waals surface area contributed by atoms with E-state index in [4.69, 9.17) is 25.8 Å². The van der Waals surface area contributed by atoms with E-state index in [9.17, 15) is 14.4 Å². The third-order valence-electron chi connectivity index (χ3n) is 2.66. The monoisotopic (exact) mass is 306 g/mol. The van der Waals surface area contributed by atoms with Crippen LogP contribution in [0, 0.1) is 0 Å². The standard InChI is InChI=1S/C6H7N3O4.C4H11NO3/c10-4-7-5(11)9(6(12)8-4)1-3-2-13-3;5-4(1-6,2-7)3-8/h3H,1-2H2,(H2,7,8,10,11,12);6-8H,1-3,5H2. The molecule has 1 fully saturated rings. The van der Waals surface area contributed by atoms with E-state index >= 15 is 0 Å². The van der Waals surface area contributed by atoms with Crippen molar-refractivity contribution in [1.82, 2.24) is 14.5 Å². The zero-order valence-electron chi connectivity index (χ0n) is 11.1. The van der Waals surface area contributed by atoms with Crippen LogP contribution in [0.3, 0.4) is 0 Å². The van der Waals surface area contributed by atoms with E-state index in [0.29, 0.717) is 6.61 Å². The summed E-state index contributed by atoms with van der Waals surface area (Å²) in [6.07, 6.45) is -0.0790. The quantitative estimate of drug-likeness (QED) is 0.292. The normalized spacial score (nSPS) is 17.0. The number of aromatic nitrogens is 3. The molecule has 120 valence electrons. The van der Waals surface area contributed by atoms with Crippen molar-refractivity contribution in [2.75, 3.05) is 26.4 Å². The highest BCUT2D eigenvalue weighted by Gasteiger charge is 2.24. The number of H-pyrrole nitrogens is 2. The van der Waals surface area contributed by atoms with Crippen molar-refractivity contribution in [3.63, 3.8) is 0 Å². The highest BCUT2D eigenvalue weighted by atomic mass is 16.6. The molecular weight excluding hydrogens is 288 g/mol. The number of hydrogen-bond acceptors (Lipinski definition) is 8. The van der Waals surface area contributed by atoms with Crippen LogP contribution in [0.2, 0.25) is 0 Å². The molecule has 7 N–H and O–H groups in total. The first-order chi connectivity index (χ1) is 9.85. The van der Waals surface area contributed by atoms with Gasteiger partial charge in [0.2, 0.25) is 0 Å². The van der Waals surface area contributed by atoms with Crippen molar-refractivity contribution in [1.29, 1.82) is 0 Å². The molecule has 0 aromatic carbocycles. The Morgan fingerprint density at radius 3 is 1.86 bits per heavy atom. The lowest BCUT2D eigenvalue weighted by molar-refractivity contribution is 0.0698. The second kappa shape index (κ2) is 7.28. The van der Waals surface area contributed by atoms with Gasteiger partial charge in [0.05, 0.1) is 44.6 Å². The number of aliphatic hydroxyl groups is 3. The highest BCUT2D eigenvalue weighted by molar-refractivity contribution is 4.80. The molecule has 1 aliphatic heterocycles. The summed E-state index contributed by atoms with van der Waals surface area (Å²) >= 11 is 0. The van der Waals surface area contributed by atoms with E-state index in [0.717, 1.165) is 4.57 Å². The average molecular weight is 306 g/mol. The van der Waals surface area contributed by atoms with Gasteiger partial charge in [-0.3, -0.25) is 9.97 Å². The number of rotatable bonds is 5.